The maximum Gasteiger partial charge on any atom is 0.224 e. The van der Waals surface area contributed by atoms with E-state index in [1.54, 1.807) is 6.33 Å². The number of anilines is 2. The Morgan fingerprint density at radius 1 is 1.29 bits per heavy atom. The number of nitrogens with two attached hydrogens (primary N) is 1. The van der Waals surface area contributed by atoms with E-state index < -0.39 is 0 Å². The third-order valence-electron chi connectivity index (χ3n) is 4.90. The minimum Gasteiger partial charge on any atom is -0.369 e. The lowest BCUT2D eigenvalue weighted by molar-refractivity contribution is -0.122. The highest BCUT2D eigenvalue weighted by molar-refractivity contribution is 5.76. The van der Waals surface area contributed by atoms with Crippen LogP contribution in [0.2, 0.25) is 0 Å². The topological polar surface area (TPSA) is 142 Å². The number of nitrogens with one attached hydrogen (secondary N) is 2. The summed E-state index contributed by atoms with van der Waals surface area (Å²) < 4.78 is 0. The highest BCUT2D eigenvalue weighted by atomic mass is 16.1. The SMILES string of the molecule is Cc1cc(CCNc2ncc(C#N)c(NC3CCC(C(N)=O)CC3)n2)ncn1. The molecule has 1 fully saturated rings. The molecule has 28 heavy (non-hydrogen) atoms. The van der Waals surface area contributed by atoms with E-state index in [2.05, 4.69) is 36.6 Å². The van der Waals surface area contributed by atoms with E-state index in [1.165, 1.54) is 6.20 Å². The number of primary amides is 1. The third-order valence-corrected chi connectivity index (χ3v) is 4.90. The van der Waals surface area contributed by atoms with E-state index in [1.807, 2.05) is 13.0 Å². The van der Waals surface area contributed by atoms with Gasteiger partial charge in [0.1, 0.15) is 23.8 Å². The average molecular weight is 380 g/mol. The summed E-state index contributed by atoms with van der Waals surface area (Å²) >= 11 is 0. The summed E-state index contributed by atoms with van der Waals surface area (Å²) in [6.45, 7) is 2.54. The molecule has 0 unspecified atom stereocenters. The largest absolute Gasteiger partial charge is 0.369 e. The molecule has 1 aliphatic rings. The summed E-state index contributed by atoms with van der Waals surface area (Å²) in [7, 11) is 0. The van der Waals surface area contributed by atoms with E-state index in [0.717, 1.165) is 37.1 Å². The molecular weight excluding hydrogens is 356 g/mol. The van der Waals surface area contributed by atoms with Gasteiger partial charge in [-0.3, -0.25) is 4.79 Å². The number of hydrogen-bond donors (Lipinski definition) is 3. The van der Waals surface area contributed by atoms with Crippen LogP contribution in [0.25, 0.3) is 0 Å². The number of carbonyl (C=O) groups excluding carboxylic acids is 1. The van der Waals surface area contributed by atoms with Crippen LogP contribution < -0.4 is 16.4 Å². The summed E-state index contributed by atoms with van der Waals surface area (Å²) in [5, 5.41) is 15.8. The second-order valence-corrected chi connectivity index (χ2v) is 6.99. The van der Waals surface area contributed by atoms with Gasteiger partial charge in [-0.2, -0.15) is 10.2 Å². The first-order valence-electron chi connectivity index (χ1n) is 9.39. The maximum absolute atomic E-state index is 11.3. The molecule has 0 saturated heterocycles. The normalized spacial score (nSPS) is 18.9. The van der Waals surface area contributed by atoms with Crippen molar-refractivity contribution >= 4 is 17.7 Å². The van der Waals surface area contributed by atoms with E-state index in [0.29, 0.717) is 30.3 Å². The minimum atomic E-state index is -0.233. The lowest BCUT2D eigenvalue weighted by Crippen LogP contribution is -2.32. The number of nitrogens with zero attached hydrogens (tertiary/aromatic N) is 5. The van der Waals surface area contributed by atoms with Crippen LogP contribution in [0, 0.1) is 24.2 Å². The molecule has 0 aromatic carbocycles. The highest BCUT2D eigenvalue weighted by Crippen LogP contribution is 2.27. The monoisotopic (exact) mass is 380 g/mol. The Kier molecular flexibility index (Phi) is 6.32. The van der Waals surface area contributed by atoms with Crippen LogP contribution in [-0.4, -0.2) is 38.4 Å². The fraction of sp³-hybridized carbons (Fsp3) is 0.474. The second kappa shape index (κ2) is 9.08. The highest BCUT2D eigenvalue weighted by Gasteiger charge is 2.25. The number of aromatic nitrogens is 4. The van der Waals surface area contributed by atoms with Gasteiger partial charge in [-0.1, -0.05) is 0 Å². The van der Waals surface area contributed by atoms with Crippen LogP contribution in [0.15, 0.2) is 18.6 Å². The van der Waals surface area contributed by atoms with Crippen LogP contribution >= 0.6 is 0 Å². The van der Waals surface area contributed by atoms with Gasteiger partial charge in [-0.15, -0.1) is 0 Å². The molecule has 0 atom stereocenters. The molecule has 146 valence electrons. The summed E-state index contributed by atoms with van der Waals surface area (Å²) in [6.07, 6.45) is 6.93. The first kappa shape index (κ1) is 19.5. The summed E-state index contributed by atoms with van der Waals surface area (Å²) in [4.78, 5) is 28.3. The number of carbonyl (C=O) groups is 1. The summed E-state index contributed by atoms with van der Waals surface area (Å²) in [5.74, 6) is 0.684. The van der Waals surface area contributed by atoms with Crippen molar-refractivity contribution in [3.05, 3.63) is 35.5 Å². The standard InChI is InChI=1S/C19H24N8O/c1-12-8-16(25-11-24-12)6-7-22-19-23-10-14(9-20)18(27-19)26-15-4-2-13(3-5-15)17(21)28/h8,10-11,13,15H,2-7H2,1H3,(H2,21,28)(H2,22,23,26,27). The Hall–Kier alpha value is -3.28. The fourth-order valence-corrected chi connectivity index (χ4v) is 3.32. The predicted octanol–water partition coefficient (Wildman–Crippen LogP) is 1.56. The molecule has 4 N–H and O–H groups in total. The molecule has 9 heteroatoms. The molecule has 3 rings (SSSR count). The van der Waals surface area contributed by atoms with Gasteiger partial charge in [0, 0.05) is 36.3 Å². The molecule has 2 aromatic rings. The molecule has 0 spiro atoms. The van der Waals surface area contributed by atoms with E-state index >= 15 is 0 Å². The Labute approximate surface area is 163 Å². The van der Waals surface area contributed by atoms with Crippen LogP contribution in [0.5, 0.6) is 0 Å². The Bertz CT molecular complexity index is 870. The van der Waals surface area contributed by atoms with Crippen molar-refractivity contribution < 1.29 is 4.79 Å². The van der Waals surface area contributed by atoms with Gasteiger partial charge in [0.2, 0.25) is 11.9 Å². The van der Waals surface area contributed by atoms with Gasteiger partial charge in [-0.25, -0.2) is 15.0 Å². The number of aryl methyl sites for hydroxylation is 1. The van der Waals surface area contributed by atoms with Crippen molar-refractivity contribution in [3.63, 3.8) is 0 Å². The molecule has 0 bridgehead atoms. The number of nitriles is 1. The van der Waals surface area contributed by atoms with Gasteiger partial charge in [0.05, 0.1) is 6.20 Å². The lowest BCUT2D eigenvalue weighted by atomic mass is 9.85. The zero-order valence-corrected chi connectivity index (χ0v) is 15.9. The molecule has 9 nitrogen and oxygen atoms in total. The molecule has 1 aliphatic carbocycles. The lowest BCUT2D eigenvalue weighted by Gasteiger charge is -2.28. The van der Waals surface area contributed by atoms with Gasteiger partial charge in [-0.05, 0) is 38.7 Å². The van der Waals surface area contributed by atoms with Gasteiger partial charge < -0.3 is 16.4 Å². The van der Waals surface area contributed by atoms with E-state index in [4.69, 9.17) is 5.73 Å². The number of rotatable bonds is 7. The smallest absolute Gasteiger partial charge is 0.224 e. The number of hydrogen-bond acceptors (Lipinski definition) is 8. The van der Waals surface area contributed by atoms with Gasteiger partial charge in [0.25, 0.3) is 0 Å². The molecule has 0 radical (unpaired) electrons. The van der Waals surface area contributed by atoms with Crippen molar-refractivity contribution in [2.75, 3.05) is 17.2 Å². The van der Waals surface area contributed by atoms with Crippen molar-refractivity contribution in [3.8, 4) is 6.07 Å². The van der Waals surface area contributed by atoms with E-state index in [9.17, 15) is 10.1 Å². The summed E-state index contributed by atoms with van der Waals surface area (Å²) in [5.41, 5.74) is 7.66. The van der Waals surface area contributed by atoms with Crippen LogP contribution in [0.3, 0.4) is 0 Å². The average Bonchev–Trinajstić information content (AvgIpc) is 2.69. The Morgan fingerprint density at radius 3 is 2.75 bits per heavy atom. The summed E-state index contributed by atoms with van der Waals surface area (Å²) in [6, 6.07) is 4.22. The number of amides is 1. The molecule has 2 heterocycles. The Balaban J connectivity index is 1.59. The first-order valence-corrected chi connectivity index (χ1v) is 9.39. The predicted molar refractivity (Wildman–Crippen MR) is 104 cm³/mol. The maximum atomic E-state index is 11.3. The zero-order valence-electron chi connectivity index (χ0n) is 15.9. The van der Waals surface area contributed by atoms with Crippen molar-refractivity contribution in [2.45, 2.75) is 45.1 Å². The third kappa shape index (κ3) is 5.13. The van der Waals surface area contributed by atoms with Gasteiger partial charge >= 0.3 is 0 Å². The van der Waals surface area contributed by atoms with Crippen molar-refractivity contribution in [1.82, 2.24) is 19.9 Å². The van der Waals surface area contributed by atoms with Gasteiger partial charge in [0.15, 0.2) is 0 Å². The van der Waals surface area contributed by atoms with Crippen LogP contribution in [0.4, 0.5) is 11.8 Å². The molecular formula is C19H24N8O. The molecule has 2 aromatic heterocycles. The Morgan fingerprint density at radius 2 is 2.07 bits per heavy atom. The molecule has 1 saturated carbocycles. The minimum absolute atomic E-state index is 0.0541. The van der Waals surface area contributed by atoms with Crippen molar-refractivity contribution in [1.29, 1.82) is 5.26 Å². The fourth-order valence-electron chi connectivity index (χ4n) is 3.32. The quantitative estimate of drug-likeness (QED) is 0.657. The molecule has 1 amide bonds. The first-order chi connectivity index (χ1) is 13.5. The van der Waals surface area contributed by atoms with E-state index in [-0.39, 0.29) is 17.9 Å². The van der Waals surface area contributed by atoms with Crippen LogP contribution in [0.1, 0.15) is 42.6 Å². The van der Waals surface area contributed by atoms with Crippen molar-refractivity contribution in [2.24, 2.45) is 11.7 Å². The second-order valence-electron chi connectivity index (χ2n) is 6.99. The zero-order chi connectivity index (χ0) is 19.9. The van der Waals surface area contributed by atoms with Crippen LogP contribution in [-0.2, 0) is 11.2 Å². The molecule has 0 aliphatic heterocycles.